The molecular formula is C13H20N2O3. The molecule has 2 atom stereocenters. The van der Waals surface area contributed by atoms with Gasteiger partial charge < -0.3 is 20.5 Å². The van der Waals surface area contributed by atoms with Gasteiger partial charge in [-0.2, -0.15) is 0 Å². The van der Waals surface area contributed by atoms with Gasteiger partial charge in [0.15, 0.2) is 0 Å². The molecule has 0 saturated carbocycles. The van der Waals surface area contributed by atoms with E-state index in [9.17, 15) is 4.79 Å². The monoisotopic (exact) mass is 252 g/mol. The maximum absolute atomic E-state index is 11.9. The van der Waals surface area contributed by atoms with E-state index in [4.69, 9.17) is 15.2 Å². The molecule has 0 spiro atoms. The Kier molecular flexibility index (Phi) is 5.61. The highest BCUT2D eigenvalue weighted by Crippen LogP contribution is 2.17. The van der Waals surface area contributed by atoms with Gasteiger partial charge in [0, 0.05) is 7.11 Å². The number of carbonyl (C=O) groups is 1. The van der Waals surface area contributed by atoms with E-state index in [1.165, 1.54) is 0 Å². The number of amides is 1. The van der Waals surface area contributed by atoms with Crippen molar-refractivity contribution < 1.29 is 14.3 Å². The van der Waals surface area contributed by atoms with E-state index in [2.05, 4.69) is 5.32 Å². The van der Waals surface area contributed by atoms with Crippen LogP contribution in [0.5, 0.6) is 0 Å². The van der Waals surface area contributed by atoms with Crippen LogP contribution in [0.3, 0.4) is 0 Å². The van der Waals surface area contributed by atoms with Crippen LogP contribution in [0.15, 0.2) is 24.3 Å². The molecule has 0 aliphatic rings. The number of benzene rings is 1. The second-order valence-corrected chi connectivity index (χ2v) is 4.12. The van der Waals surface area contributed by atoms with E-state index in [0.717, 1.165) is 0 Å². The Morgan fingerprint density at radius 1 is 1.39 bits per heavy atom. The first-order valence-electron chi connectivity index (χ1n) is 5.84. The lowest BCUT2D eigenvalue weighted by Gasteiger charge is -2.18. The predicted molar refractivity (Wildman–Crippen MR) is 71.4 cm³/mol. The van der Waals surface area contributed by atoms with Gasteiger partial charge in [-0.1, -0.05) is 12.1 Å². The molecule has 0 aromatic heterocycles. The molecule has 3 N–H and O–H groups in total. The van der Waals surface area contributed by atoms with Crippen LogP contribution in [0.2, 0.25) is 0 Å². The lowest BCUT2D eigenvalue weighted by Crippen LogP contribution is -2.32. The Labute approximate surface area is 107 Å². The molecule has 18 heavy (non-hydrogen) atoms. The Hall–Kier alpha value is -1.59. The van der Waals surface area contributed by atoms with Gasteiger partial charge in [-0.3, -0.25) is 4.79 Å². The first-order chi connectivity index (χ1) is 8.54. The van der Waals surface area contributed by atoms with Gasteiger partial charge in [-0.15, -0.1) is 0 Å². The molecule has 1 aromatic carbocycles. The van der Waals surface area contributed by atoms with Crippen molar-refractivity contribution in [1.29, 1.82) is 0 Å². The summed E-state index contributed by atoms with van der Waals surface area (Å²) in [5.74, 6) is -0.226. The number of anilines is 2. The molecule has 0 bridgehead atoms. The van der Waals surface area contributed by atoms with Crippen LogP contribution < -0.4 is 11.1 Å². The van der Waals surface area contributed by atoms with E-state index in [1.54, 1.807) is 26.2 Å². The number of nitrogen functional groups attached to an aromatic ring is 1. The molecule has 1 aromatic rings. The van der Waals surface area contributed by atoms with Crippen molar-refractivity contribution in [3.8, 4) is 0 Å². The Balaban J connectivity index is 2.52. The largest absolute Gasteiger partial charge is 0.397 e. The summed E-state index contributed by atoms with van der Waals surface area (Å²) in [6.45, 7) is 4.00. The van der Waals surface area contributed by atoms with Crippen molar-refractivity contribution in [2.45, 2.75) is 26.1 Å². The zero-order valence-corrected chi connectivity index (χ0v) is 11.0. The fraction of sp³-hybridized carbons (Fsp3) is 0.462. The maximum Gasteiger partial charge on any atom is 0.253 e. The van der Waals surface area contributed by atoms with Gasteiger partial charge in [0.05, 0.1) is 24.1 Å². The molecule has 1 amide bonds. The number of nitrogens with two attached hydrogens (primary N) is 1. The molecule has 100 valence electrons. The third kappa shape index (κ3) is 4.35. The number of ether oxygens (including phenoxy) is 2. The average Bonchev–Trinajstić information content (AvgIpc) is 2.32. The summed E-state index contributed by atoms with van der Waals surface area (Å²) in [6.07, 6.45) is -0.696. The highest BCUT2D eigenvalue weighted by Gasteiger charge is 2.17. The van der Waals surface area contributed by atoms with Crippen molar-refractivity contribution >= 4 is 17.3 Å². The molecule has 1 rings (SSSR count). The van der Waals surface area contributed by atoms with E-state index < -0.39 is 6.10 Å². The minimum atomic E-state index is -0.560. The van der Waals surface area contributed by atoms with Gasteiger partial charge in [0.1, 0.15) is 6.10 Å². The van der Waals surface area contributed by atoms with Crippen molar-refractivity contribution in [1.82, 2.24) is 0 Å². The summed E-state index contributed by atoms with van der Waals surface area (Å²) in [7, 11) is 1.59. The van der Waals surface area contributed by atoms with Crippen LogP contribution in [-0.2, 0) is 14.3 Å². The molecular weight excluding hydrogens is 232 g/mol. The second-order valence-electron chi connectivity index (χ2n) is 4.12. The zero-order chi connectivity index (χ0) is 13.5. The van der Waals surface area contributed by atoms with E-state index in [1.807, 2.05) is 19.1 Å². The summed E-state index contributed by atoms with van der Waals surface area (Å²) in [5.41, 5.74) is 6.87. The number of para-hydroxylation sites is 2. The number of methoxy groups -OCH3 is 1. The quantitative estimate of drug-likeness (QED) is 0.755. The summed E-state index contributed by atoms with van der Waals surface area (Å²) < 4.78 is 10.4. The van der Waals surface area contributed by atoms with Gasteiger partial charge in [-0.25, -0.2) is 0 Å². The number of nitrogens with one attached hydrogen (secondary N) is 1. The number of hydrogen-bond acceptors (Lipinski definition) is 4. The number of hydrogen-bond donors (Lipinski definition) is 2. The standard InChI is InChI=1S/C13H20N2O3/c1-9(8-17-3)18-10(2)13(16)15-12-7-5-4-6-11(12)14/h4-7,9-10H,8,14H2,1-3H3,(H,15,16). The minimum absolute atomic E-state index is 0.135. The van der Waals surface area contributed by atoms with Crippen molar-refractivity contribution in [3.05, 3.63) is 24.3 Å². The average molecular weight is 252 g/mol. The topological polar surface area (TPSA) is 73.6 Å². The van der Waals surface area contributed by atoms with Crippen molar-refractivity contribution in [2.75, 3.05) is 24.8 Å². The Bertz CT molecular complexity index is 396. The van der Waals surface area contributed by atoms with Crippen molar-refractivity contribution in [3.63, 3.8) is 0 Å². The third-order valence-corrected chi connectivity index (χ3v) is 2.43. The fourth-order valence-corrected chi connectivity index (χ4v) is 1.53. The summed E-state index contributed by atoms with van der Waals surface area (Å²) in [5, 5.41) is 2.73. The van der Waals surface area contributed by atoms with Gasteiger partial charge in [0.2, 0.25) is 0 Å². The number of rotatable bonds is 6. The van der Waals surface area contributed by atoms with E-state index in [0.29, 0.717) is 18.0 Å². The fourth-order valence-electron chi connectivity index (χ4n) is 1.53. The van der Waals surface area contributed by atoms with Crippen molar-refractivity contribution in [2.24, 2.45) is 0 Å². The summed E-state index contributed by atoms with van der Waals surface area (Å²) >= 11 is 0. The van der Waals surface area contributed by atoms with Gasteiger partial charge in [-0.05, 0) is 26.0 Å². The summed E-state index contributed by atoms with van der Waals surface area (Å²) in [6, 6.07) is 7.10. The molecule has 0 radical (unpaired) electrons. The molecule has 2 unspecified atom stereocenters. The number of carbonyl (C=O) groups excluding carboxylic acids is 1. The molecule has 0 fully saturated rings. The molecule has 5 heteroatoms. The molecule has 5 nitrogen and oxygen atoms in total. The Morgan fingerprint density at radius 3 is 2.67 bits per heavy atom. The lowest BCUT2D eigenvalue weighted by molar-refractivity contribution is -0.131. The predicted octanol–water partition coefficient (Wildman–Crippen LogP) is 1.65. The molecule has 0 aliphatic heterocycles. The van der Waals surface area contributed by atoms with Gasteiger partial charge in [0.25, 0.3) is 5.91 Å². The van der Waals surface area contributed by atoms with Crippen LogP contribution in [0.25, 0.3) is 0 Å². The third-order valence-electron chi connectivity index (χ3n) is 2.43. The van der Waals surface area contributed by atoms with Crippen LogP contribution in [0, 0.1) is 0 Å². The van der Waals surface area contributed by atoms with Crippen LogP contribution in [0.4, 0.5) is 11.4 Å². The highest BCUT2D eigenvalue weighted by molar-refractivity contribution is 5.96. The first-order valence-corrected chi connectivity index (χ1v) is 5.84. The van der Waals surface area contributed by atoms with Crippen LogP contribution in [-0.4, -0.2) is 31.8 Å². The molecule has 0 saturated heterocycles. The SMILES string of the molecule is COCC(C)OC(C)C(=O)Nc1ccccc1N. The molecule has 0 aliphatic carbocycles. The van der Waals surface area contributed by atoms with E-state index in [-0.39, 0.29) is 12.0 Å². The smallest absolute Gasteiger partial charge is 0.253 e. The Morgan fingerprint density at radius 2 is 2.06 bits per heavy atom. The molecule has 0 heterocycles. The normalized spacial score (nSPS) is 13.9. The highest BCUT2D eigenvalue weighted by atomic mass is 16.5. The van der Waals surface area contributed by atoms with Gasteiger partial charge >= 0.3 is 0 Å². The van der Waals surface area contributed by atoms with Crippen LogP contribution in [0.1, 0.15) is 13.8 Å². The second kappa shape index (κ2) is 6.98. The van der Waals surface area contributed by atoms with Crippen LogP contribution >= 0.6 is 0 Å². The van der Waals surface area contributed by atoms with E-state index >= 15 is 0 Å². The zero-order valence-electron chi connectivity index (χ0n) is 11.0. The minimum Gasteiger partial charge on any atom is -0.397 e. The lowest BCUT2D eigenvalue weighted by atomic mass is 10.2. The maximum atomic E-state index is 11.9. The summed E-state index contributed by atoms with van der Waals surface area (Å²) in [4.78, 5) is 11.9. The first kappa shape index (κ1) is 14.5.